The van der Waals surface area contributed by atoms with Crippen molar-refractivity contribution in [1.82, 2.24) is 4.57 Å². The molecule has 2 heterocycles. The Morgan fingerprint density at radius 2 is 1.17 bits per heavy atom. The highest BCUT2D eigenvalue weighted by Gasteiger charge is 2.36. The number of hydrogen-bond donors (Lipinski definition) is 0. The van der Waals surface area contributed by atoms with Crippen LogP contribution in [-0.4, -0.2) is 4.57 Å². The van der Waals surface area contributed by atoms with Crippen LogP contribution in [0.5, 0.6) is 0 Å². The van der Waals surface area contributed by atoms with Gasteiger partial charge >= 0.3 is 0 Å². The number of rotatable bonds is 5. The number of fused-ring (bicyclic) bond motifs is 10. The number of hydrogen-bond acceptors (Lipinski definition) is 2. The van der Waals surface area contributed by atoms with Crippen molar-refractivity contribution in [2.24, 2.45) is 0 Å². The van der Waals surface area contributed by atoms with Gasteiger partial charge in [0, 0.05) is 44.7 Å². The molecule has 2 aromatic heterocycles. The van der Waals surface area contributed by atoms with E-state index < -0.39 is 0 Å². The predicted octanol–water partition coefficient (Wildman–Crippen LogP) is 15.3. The van der Waals surface area contributed by atoms with Crippen LogP contribution < -0.4 is 4.90 Å². The lowest BCUT2D eigenvalue weighted by Gasteiger charge is -2.29. The van der Waals surface area contributed by atoms with Gasteiger partial charge in [-0.2, -0.15) is 0 Å². The van der Waals surface area contributed by atoms with E-state index >= 15 is 0 Å². The van der Waals surface area contributed by atoms with Crippen LogP contribution in [0, 0.1) is 0 Å². The molecule has 0 radical (unpaired) electrons. The Balaban J connectivity index is 1.24. The average Bonchev–Trinajstić information content (AvgIpc) is 3.89. The van der Waals surface area contributed by atoms with Crippen molar-refractivity contribution in [3.8, 4) is 27.9 Å². The van der Waals surface area contributed by atoms with Crippen LogP contribution in [0.4, 0.5) is 17.1 Å². The summed E-state index contributed by atoms with van der Waals surface area (Å²) in [4.78, 5) is 2.49. The van der Waals surface area contributed by atoms with Crippen molar-refractivity contribution in [2.45, 2.75) is 19.3 Å². The third kappa shape index (κ3) is 4.74. The molecular formula is C55H38N2O. The monoisotopic (exact) mass is 742 g/mol. The van der Waals surface area contributed by atoms with Crippen molar-refractivity contribution in [1.29, 1.82) is 0 Å². The quantitative estimate of drug-likeness (QED) is 0.175. The van der Waals surface area contributed by atoms with Gasteiger partial charge in [-0.3, -0.25) is 0 Å². The Bertz CT molecular complexity index is 3430. The molecule has 0 aliphatic heterocycles. The minimum atomic E-state index is -0.159. The Labute approximate surface area is 336 Å². The molecule has 9 aromatic carbocycles. The van der Waals surface area contributed by atoms with Gasteiger partial charge in [-0.15, -0.1) is 0 Å². The Morgan fingerprint density at radius 1 is 0.448 bits per heavy atom. The fourth-order valence-corrected chi connectivity index (χ4v) is 9.80. The number of furan rings is 1. The summed E-state index contributed by atoms with van der Waals surface area (Å²) in [6.07, 6.45) is 0. The van der Waals surface area contributed by atoms with Crippen molar-refractivity contribution in [3.05, 3.63) is 205 Å². The maximum Gasteiger partial charge on any atom is 0.139 e. The second-order valence-corrected chi connectivity index (χ2v) is 16.1. The van der Waals surface area contributed by atoms with Crippen LogP contribution in [0.2, 0.25) is 0 Å². The molecule has 0 atom stereocenters. The van der Waals surface area contributed by atoms with E-state index in [1.807, 2.05) is 0 Å². The molecule has 1 aliphatic rings. The van der Waals surface area contributed by atoms with Gasteiger partial charge in [0.2, 0.25) is 0 Å². The molecule has 11 aromatic rings. The van der Waals surface area contributed by atoms with Gasteiger partial charge < -0.3 is 13.9 Å². The van der Waals surface area contributed by atoms with Crippen LogP contribution in [-0.2, 0) is 5.41 Å². The number of benzene rings is 9. The standard InChI is InChI=1S/C55H38N2O/c1-55(2)46-23-13-11-21-42(46)43-30-28-41(33-47(43)55)56(39-19-7-4-8-20-39)54-52-44-29-26-38(35-15-5-3-6-16-35)32-48(44)57(40-27-25-36-17-9-10-18-37(36)31-40)49(52)34-51-53(54)45-22-12-14-24-50(45)58-51/h3-34H,1-2H3. The second-order valence-electron chi connectivity index (χ2n) is 16.1. The molecule has 0 fully saturated rings. The first-order valence-electron chi connectivity index (χ1n) is 20.1. The van der Waals surface area contributed by atoms with E-state index in [9.17, 15) is 0 Å². The summed E-state index contributed by atoms with van der Waals surface area (Å²) in [5.74, 6) is 0. The number of aromatic nitrogens is 1. The molecule has 0 N–H and O–H groups in total. The summed E-state index contributed by atoms with van der Waals surface area (Å²) in [6.45, 7) is 4.72. The zero-order valence-electron chi connectivity index (χ0n) is 32.3. The molecule has 12 rings (SSSR count). The lowest BCUT2D eigenvalue weighted by Crippen LogP contribution is -2.16. The first-order valence-corrected chi connectivity index (χ1v) is 20.1. The Kier molecular flexibility index (Phi) is 6.98. The van der Waals surface area contributed by atoms with E-state index in [2.05, 4.69) is 217 Å². The molecular weight excluding hydrogens is 705 g/mol. The highest BCUT2D eigenvalue weighted by molar-refractivity contribution is 6.28. The minimum absolute atomic E-state index is 0.159. The summed E-state index contributed by atoms with van der Waals surface area (Å²) >= 11 is 0. The molecule has 58 heavy (non-hydrogen) atoms. The molecule has 0 amide bonds. The van der Waals surface area contributed by atoms with Crippen molar-refractivity contribution >= 4 is 71.6 Å². The van der Waals surface area contributed by atoms with Gasteiger partial charge in [-0.05, 0) is 92.7 Å². The van der Waals surface area contributed by atoms with Crippen molar-refractivity contribution < 1.29 is 4.42 Å². The predicted molar refractivity (Wildman–Crippen MR) is 243 cm³/mol. The lowest BCUT2D eigenvalue weighted by molar-refractivity contribution is 0.660. The first kappa shape index (κ1) is 32.8. The van der Waals surface area contributed by atoms with Gasteiger partial charge in [0.1, 0.15) is 11.2 Å². The van der Waals surface area contributed by atoms with Gasteiger partial charge in [0.25, 0.3) is 0 Å². The number of para-hydroxylation sites is 2. The molecule has 1 aliphatic carbocycles. The third-order valence-corrected chi connectivity index (χ3v) is 12.5. The van der Waals surface area contributed by atoms with Crippen LogP contribution in [0.1, 0.15) is 25.0 Å². The van der Waals surface area contributed by atoms with E-state index in [0.717, 1.165) is 55.7 Å². The number of anilines is 3. The van der Waals surface area contributed by atoms with Crippen LogP contribution >= 0.6 is 0 Å². The molecule has 0 saturated heterocycles. The van der Waals surface area contributed by atoms with Gasteiger partial charge in [0.05, 0.1) is 22.1 Å². The lowest BCUT2D eigenvalue weighted by atomic mass is 9.82. The van der Waals surface area contributed by atoms with Crippen molar-refractivity contribution in [3.63, 3.8) is 0 Å². The highest BCUT2D eigenvalue weighted by Crippen LogP contribution is 2.54. The summed E-state index contributed by atoms with van der Waals surface area (Å²) < 4.78 is 9.33. The number of nitrogens with zero attached hydrogens (tertiary/aromatic N) is 2. The largest absolute Gasteiger partial charge is 0.456 e. The van der Waals surface area contributed by atoms with E-state index in [-0.39, 0.29) is 5.41 Å². The minimum Gasteiger partial charge on any atom is -0.456 e. The molecule has 0 bridgehead atoms. The van der Waals surface area contributed by atoms with Gasteiger partial charge in [0.15, 0.2) is 0 Å². The molecule has 0 spiro atoms. The van der Waals surface area contributed by atoms with Gasteiger partial charge in [-0.1, -0.05) is 153 Å². The van der Waals surface area contributed by atoms with Crippen molar-refractivity contribution in [2.75, 3.05) is 4.90 Å². The smallest absolute Gasteiger partial charge is 0.139 e. The zero-order chi connectivity index (χ0) is 38.5. The maximum atomic E-state index is 6.88. The van der Waals surface area contributed by atoms with E-state index in [1.165, 1.54) is 54.9 Å². The zero-order valence-corrected chi connectivity index (χ0v) is 32.3. The highest BCUT2D eigenvalue weighted by atomic mass is 16.3. The molecule has 0 saturated carbocycles. The molecule has 274 valence electrons. The van der Waals surface area contributed by atoms with Gasteiger partial charge in [-0.25, -0.2) is 0 Å². The van der Waals surface area contributed by atoms with E-state index in [4.69, 9.17) is 4.42 Å². The Morgan fingerprint density at radius 3 is 2.03 bits per heavy atom. The SMILES string of the molecule is CC1(C)c2ccccc2-c2ccc(N(c3ccccc3)c3c4c(cc5c3c3ccc(-c6ccccc6)cc3n5-c3ccc5ccccc5c3)oc3ccccc34)cc21. The normalized spacial score (nSPS) is 13.1. The fraction of sp³-hybridized carbons (Fsp3) is 0.0545. The molecule has 0 unspecified atom stereocenters. The van der Waals surface area contributed by atoms with Crippen LogP contribution in [0.3, 0.4) is 0 Å². The van der Waals surface area contributed by atoms with E-state index in [0.29, 0.717) is 0 Å². The van der Waals surface area contributed by atoms with E-state index in [1.54, 1.807) is 0 Å². The fourth-order valence-electron chi connectivity index (χ4n) is 9.80. The maximum absolute atomic E-state index is 6.88. The molecule has 3 heteroatoms. The van der Waals surface area contributed by atoms with Crippen LogP contribution in [0.25, 0.3) is 82.5 Å². The first-order chi connectivity index (χ1) is 28.5. The summed E-state index contributed by atoms with van der Waals surface area (Å²) in [5, 5.41) is 6.96. The molecule has 3 nitrogen and oxygen atoms in total. The Hall–Kier alpha value is -7.36. The topological polar surface area (TPSA) is 21.3 Å². The second kappa shape index (κ2) is 12.3. The van der Waals surface area contributed by atoms with Crippen LogP contribution in [0.15, 0.2) is 199 Å². The third-order valence-electron chi connectivity index (χ3n) is 12.5. The summed E-state index contributed by atoms with van der Waals surface area (Å²) in [6, 6.07) is 70.7. The average molecular weight is 743 g/mol. The summed E-state index contributed by atoms with van der Waals surface area (Å²) in [7, 11) is 0. The summed E-state index contributed by atoms with van der Waals surface area (Å²) in [5.41, 5.74) is 15.9.